The Bertz CT molecular complexity index is 406. The maximum Gasteiger partial charge on any atom is 0.137 e. The van der Waals surface area contributed by atoms with Gasteiger partial charge >= 0.3 is 0 Å². The van der Waals surface area contributed by atoms with Crippen LogP contribution in [-0.2, 0) is 4.79 Å². The zero-order chi connectivity index (χ0) is 12.1. The molecule has 2 saturated carbocycles. The summed E-state index contributed by atoms with van der Waals surface area (Å²) in [5.74, 6) is 4.51. The molecule has 2 fully saturated rings. The van der Waals surface area contributed by atoms with Gasteiger partial charge in [-0.05, 0) is 62.2 Å². The number of hydrogen-bond donors (Lipinski definition) is 0. The van der Waals surface area contributed by atoms with Crippen LogP contribution < -0.4 is 0 Å². The number of rotatable bonds is 0. The Balaban J connectivity index is 1.64. The van der Waals surface area contributed by atoms with Gasteiger partial charge in [-0.1, -0.05) is 24.0 Å². The molecule has 0 aromatic heterocycles. The lowest BCUT2D eigenvalue weighted by Gasteiger charge is -2.46. The number of allylic oxidation sites excluding steroid dienone is 2. The number of ketones is 1. The van der Waals surface area contributed by atoms with Crippen LogP contribution in [0.2, 0.25) is 0 Å². The van der Waals surface area contributed by atoms with E-state index in [-0.39, 0.29) is 0 Å². The van der Waals surface area contributed by atoms with E-state index in [1.807, 2.05) is 0 Å². The van der Waals surface area contributed by atoms with Crippen molar-refractivity contribution in [1.29, 1.82) is 0 Å². The van der Waals surface area contributed by atoms with Crippen molar-refractivity contribution in [3.05, 3.63) is 11.1 Å². The first kappa shape index (κ1) is 11.3. The van der Waals surface area contributed by atoms with E-state index >= 15 is 0 Å². The summed E-state index contributed by atoms with van der Waals surface area (Å²) in [5.41, 5.74) is 3.33. The summed E-state index contributed by atoms with van der Waals surface area (Å²) in [6, 6.07) is 0. The highest BCUT2D eigenvalue weighted by atomic mass is 16.1. The number of fused-ring (bicyclic) bond motifs is 4. The third kappa shape index (κ3) is 1.62. The predicted octanol–water partition coefficient (Wildman–Crippen LogP) is 4.27. The van der Waals surface area contributed by atoms with Gasteiger partial charge in [-0.15, -0.1) is 0 Å². The van der Waals surface area contributed by atoms with Crippen molar-refractivity contribution >= 4 is 5.78 Å². The summed E-state index contributed by atoms with van der Waals surface area (Å²) in [7, 11) is 0. The van der Waals surface area contributed by atoms with E-state index in [2.05, 4.69) is 0 Å². The molecular weight excluding hydrogens is 220 g/mol. The van der Waals surface area contributed by atoms with Gasteiger partial charge in [0.1, 0.15) is 5.78 Å². The van der Waals surface area contributed by atoms with Crippen molar-refractivity contribution in [3.63, 3.8) is 0 Å². The van der Waals surface area contributed by atoms with Gasteiger partial charge in [-0.3, -0.25) is 4.79 Å². The third-order valence-electron chi connectivity index (χ3n) is 6.40. The van der Waals surface area contributed by atoms with E-state index in [1.54, 1.807) is 11.1 Å². The zero-order valence-corrected chi connectivity index (χ0v) is 11.3. The predicted molar refractivity (Wildman–Crippen MR) is 72.2 cm³/mol. The largest absolute Gasteiger partial charge is 0.299 e. The second-order valence-corrected chi connectivity index (χ2v) is 7.09. The quantitative estimate of drug-likeness (QED) is 0.581. The number of hydrogen-bond acceptors (Lipinski definition) is 1. The Labute approximate surface area is 110 Å². The van der Waals surface area contributed by atoms with Crippen LogP contribution in [0.4, 0.5) is 0 Å². The Kier molecular flexibility index (Phi) is 2.63. The molecular formula is C17H24O. The molecule has 4 rings (SSSR count). The molecule has 1 nitrogen and oxygen atoms in total. The van der Waals surface area contributed by atoms with Crippen molar-refractivity contribution in [2.75, 3.05) is 0 Å². The highest BCUT2D eigenvalue weighted by Crippen LogP contribution is 2.55. The van der Waals surface area contributed by atoms with Gasteiger partial charge in [-0.2, -0.15) is 0 Å². The van der Waals surface area contributed by atoms with Crippen molar-refractivity contribution in [3.8, 4) is 0 Å². The Morgan fingerprint density at radius 2 is 1.78 bits per heavy atom. The van der Waals surface area contributed by atoms with E-state index in [0.29, 0.717) is 5.78 Å². The topological polar surface area (TPSA) is 17.1 Å². The highest BCUT2D eigenvalue weighted by molar-refractivity contribution is 5.82. The summed E-state index contributed by atoms with van der Waals surface area (Å²) < 4.78 is 0. The summed E-state index contributed by atoms with van der Waals surface area (Å²) in [5, 5.41) is 0. The second-order valence-electron chi connectivity index (χ2n) is 7.09. The number of carbonyl (C=O) groups is 1. The van der Waals surface area contributed by atoms with Crippen LogP contribution in [0.5, 0.6) is 0 Å². The molecule has 4 aliphatic rings. The first-order valence-electron chi connectivity index (χ1n) is 8.05. The molecule has 0 N–H and O–H groups in total. The molecule has 0 radical (unpaired) electrons. The molecule has 18 heavy (non-hydrogen) atoms. The van der Waals surface area contributed by atoms with Crippen molar-refractivity contribution in [2.45, 2.75) is 64.2 Å². The van der Waals surface area contributed by atoms with Crippen molar-refractivity contribution < 1.29 is 4.79 Å². The molecule has 0 spiro atoms. The van der Waals surface area contributed by atoms with Gasteiger partial charge in [-0.25, -0.2) is 0 Å². The molecule has 0 aromatic rings. The van der Waals surface area contributed by atoms with Gasteiger partial charge in [0, 0.05) is 12.8 Å². The molecule has 98 valence electrons. The molecule has 0 unspecified atom stereocenters. The van der Waals surface area contributed by atoms with E-state index in [4.69, 9.17) is 0 Å². The van der Waals surface area contributed by atoms with Gasteiger partial charge in [0.2, 0.25) is 0 Å². The van der Waals surface area contributed by atoms with E-state index < -0.39 is 0 Å². The Hall–Kier alpha value is -0.590. The second kappa shape index (κ2) is 4.21. The fourth-order valence-corrected chi connectivity index (χ4v) is 5.67. The van der Waals surface area contributed by atoms with Crippen LogP contribution >= 0.6 is 0 Å². The lowest BCUT2D eigenvalue weighted by atomic mass is 9.59. The fourth-order valence-electron chi connectivity index (χ4n) is 5.67. The van der Waals surface area contributed by atoms with Crippen LogP contribution in [0, 0.1) is 23.7 Å². The lowest BCUT2D eigenvalue weighted by molar-refractivity contribution is -0.119. The molecule has 0 bridgehead atoms. The summed E-state index contributed by atoms with van der Waals surface area (Å²) in [6.45, 7) is 0. The molecule has 1 heteroatoms. The minimum Gasteiger partial charge on any atom is -0.299 e. The average molecular weight is 244 g/mol. The molecule has 0 aliphatic heterocycles. The SMILES string of the molecule is O=C1CCC2=C(CC[C@H]3[C@@H]4CCC[C@H]4CC[C@H]23)C1. The molecule has 4 aliphatic carbocycles. The van der Waals surface area contributed by atoms with Gasteiger partial charge < -0.3 is 0 Å². The minimum absolute atomic E-state index is 0.502. The standard InChI is InChI=1S/C17H24O/c18-13-6-9-15-12(10-13)5-8-16-14-3-1-2-11(14)4-7-17(15)16/h11,14,16-17H,1-10H2/t11-,14+,16-,17+/m0/s1. The molecule has 0 amide bonds. The minimum atomic E-state index is 0.502. The van der Waals surface area contributed by atoms with Gasteiger partial charge in [0.05, 0.1) is 0 Å². The first-order chi connectivity index (χ1) is 8.83. The van der Waals surface area contributed by atoms with Crippen LogP contribution in [0.25, 0.3) is 0 Å². The smallest absolute Gasteiger partial charge is 0.137 e. The number of Topliss-reactive ketones (excluding diaryl/α,β-unsaturated/α-hetero) is 1. The number of carbonyl (C=O) groups excluding carboxylic acids is 1. The molecule has 0 heterocycles. The van der Waals surface area contributed by atoms with Gasteiger partial charge in [0.25, 0.3) is 0 Å². The van der Waals surface area contributed by atoms with Crippen LogP contribution in [0.3, 0.4) is 0 Å². The van der Waals surface area contributed by atoms with Crippen molar-refractivity contribution in [2.24, 2.45) is 23.7 Å². The molecule has 0 aromatic carbocycles. The van der Waals surface area contributed by atoms with Crippen molar-refractivity contribution in [1.82, 2.24) is 0 Å². The summed E-state index contributed by atoms with van der Waals surface area (Å²) in [4.78, 5) is 11.6. The molecule has 0 saturated heterocycles. The summed E-state index contributed by atoms with van der Waals surface area (Å²) >= 11 is 0. The summed E-state index contributed by atoms with van der Waals surface area (Å²) in [6.07, 6.45) is 12.9. The van der Waals surface area contributed by atoms with Crippen LogP contribution in [0.15, 0.2) is 11.1 Å². The third-order valence-corrected chi connectivity index (χ3v) is 6.40. The maximum atomic E-state index is 11.6. The average Bonchev–Trinajstić information content (AvgIpc) is 2.86. The zero-order valence-electron chi connectivity index (χ0n) is 11.3. The van der Waals surface area contributed by atoms with E-state index in [9.17, 15) is 4.79 Å². The fraction of sp³-hybridized carbons (Fsp3) is 0.824. The lowest BCUT2D eigenvalue weighted by Crippen LogP contribution is -2.36. The Morgan fingerprint density at radius 1 is 0.833 bits per heavy atom. The van der Waals surface area contributed by atoms with E-state index in [1.165, 1.54) is 44.9 Å². The van der Waals surface area contributed by atoms with Crippen LogP contribution in [-0.4, -0.2) is 5.78 Å². The highest BCUT2D eigenvalue weighted by Gasteiger charge is 2.45. The maximum absolute atomic E-state index is 11.6. The van der Waals surface area contributed by atoms with E-state index in [0.717, 1.165) is 42.9 Å². The van der Waals surface area contributed by atoms with Gasteiger partial charge in [0.15, 0.2) is 0 Å². The monoisotopic (exact) mass is 244 g/mol. The first-order valence-corrected chi connectivity index (χ1v) is 8.05. The normalized spacial score (nSPS) is 43.4. The molecule has 4 atom stereocenters. The van der Waals surface area contributed by atoms with Crippen LogP contribution in [0.1, 0.15) is 64.2 Å². The Morgan fingerprint density at radius 3 is 2.72 bits per heavy atom.